The van der Waals surface area contributed by atoms with Crippen LogP contribution in [0.1, 0.15) is 45.7 Å². The molecule has 0 aliphatic rings. The highest BCUT2D eigenvalue weighted by Gasteiger charge is 2.20. The summed E-state index contributed by atoms with van der Waals surface area (Å²) in [7, 11) is 0. The van der Waals surface area contributed by atoms with Gasteiger partial charge in [-0.3, -0.25) is 9.59 Å². The molecule has 2 amide bonds. The van der Waals surface area contributed by atoms with Crippen LogP contribution in [-0.2, 0) is 6.54 Å². The number of aryl methyl sites for hydroxylation is 1. The van der Waals surface area contributed by atoms with Gasteiger partial charge in [0.05, 0.1) is 0 Å². The van der Waals surface area contributed by atoms with Crippen molar-refractivity contribution in [3.05, 3.63) is 101 Å². The van der Waals surface area contributed by atoms with Crippen molar-refractivity contribution < 1.29 is 9.59 Å². The quantitative estimate of drug-likeness (QED) is 0.625. The zero-order valence-electron chi connectivity index (χ0n) is 17.1. The summed E-state index contributed by atoms with van der Waals surface area (Å²) in [5.74, 6) is -0.323. The van der Waals surface area contributed by atoms with Crippen LogP contribution in [0, 0.1) is 6.92 Å². The number of nitrogens with one attached hydrogen (secondary N) is 1. The molecule has 0 fully saturated rings. The highest BCUT2D eigenvalue weighted by molar-refractivity contribution is 6.06. The van der Waals surface area contributed by atoms with E-state index in [-0.39, 0.29) is 17.9 Å². The van der Waals surface area contributed by atoms with Crippen molar-refractivity contribution in [2.45, 2.75) is 33.4 Å². The molecule has 148 valence electrons. The predicted octanol–water partition coefficient (Wildman–Crippen LogP) is 5.30. The Morgan fingerprint density at radius 1 is 0.862 bits per heavy atom. The summed E-state index contributed by atoms with van der Waals surface area (Å²) < 4.78 is 0. The molecule has 0 saturated carbocycles. The lowest BCUT2D eigenvalue weighted by Gasteiger charge is -2.27. The summed E-state index contributed by atoms with van der Waals surface area (Å²) in [6.45, 7) is 6.51. The molecule has 4 heteroatoms. The number of hydrogen-bond acceptors (Lipinski definition) is 2. The van der Waals surface area contributed by atoms with Crippen molar-refractivity contribution in [3.63, 3.8) is 0 Å². The minimum atomic E-state index is -0.234. The van der Waals surface area contributed by atoms with Gasteiger partial charge in [-0.15, -0.1) is 0 Å². The first-order valence-electron chi connectivity index (χ1n) is 9.77. The van der Waals surface area contributed by atoms with E-state index in [2.05, 4.69) is 5.32 Å². The Morgan fingerprint density at radius 3 is 2.17 bits per heavy atom. The number of amides is 2. The topological polar surface area (TPSA) is 49.4 Å². The van der Waals surface area contributed by atoms with Crippen LogP contribution in [0.5, 0.6) is 0 Å². The van der Waals surface area contributed by atoms with Crippen LogP contribution in [0.2, 0.25) is 0 Å². The predicted molar refractivity (Wildman–Crippen MR) is 117 cm³/mol. The van der Waals surface area contributed by atoms with Crippen LogP contribution in [0.3, 0.4) is 0 Å². The fraction of sp³-hybridized carbons (Fsp3) is 0.200. The van der Waals surface area contributed by atoms with E-state index in [0.29, 0.717) is 17.7 Å². The van der Waals surface area contributed by atoms with Gasteiger partial charge < -0.3 is 10.2 Å². The molecule has 3 aromatic rings. The first-order valence-corrected chi connectivity index (χ1v) is 9.77. The molecule has 0 bridgehead atoms. The van der Waals surface area contributed by atoms with Gasteiger partial charge in [-0.2, -0.15) is 0 Å². The van der Waals surface area contributed by atoms with Crippen LogP contribution in [-0.4, -0.2) is 22.8 Å². The molecule has 29 heavy (non-hydrogen) atoms. The summed E-state index contributed by atoms with van der Waals surface area (Å²) in [5.41, 5.74) is 3.89. The Labute approximate surface area is 172 Å². The average molecular weight is 386 g/mol. The number of rotatable bonds is 6. The van der Waals surface area contributed by atoms with E-state index in [1.54, 1.807) is 24.3 Å². The SMILES string of the molecule is Cc1ccc(NC(=O)c2cccc(C(=O)N(Cc3ccccc3)C(C)C)c2)cc1. The molecule has 3 aromatic carbocycles. The van der Waals surface area contributed by atoms with Crippen molar-refractivity contribution in [2.24, 2.45) is 0 Å². The number of carbonyl (C=O) groups excluding carboxylic acids is 2. The first-order chi connectivity index (χ1) is 13.9. The van der Waals surface area contributed by atoms with E-state index in [4.69, 9.17) is 0 Å². The number of anilines is 1. The Morgan fingerprint density at radius 2 is 1.52 bits per heavy atom. The molecule has 0 aliphatic carbocycles. The maximum absolute atomic E-state index is 13.2. The zero-order chi connectivity index (χ0) is 20.8. The van der Waals surface area contributed by atoms with Crippen LogP contribution < -0.4 is 5.32 Å². The average Bonchev–Trinajstić information content (AvgIpc) is 2.74. The van der Waals surface area contributed by atoms with Gasteiger partial charge in [-0.1, -0.05) is 54.1 Å². The van der Waals surface area contributed by atoms with Crippen LogP contribution in [0.25, 0.3) is 0 Å². The molecular formula is C25H26N2O2. The largest absolute Gasteiger partial charge is 0.332 e. The maximum Gasteiger partial charge on any atom is 0.255 e. The molecule has 0 heterocycles. The van der Waals surface area contributed by atoms with E-state index in [1.165, 1.54) is 0 Å². The molecule has 0 atom stereocenters. The van der Waals surface area contributed by atoms with Gasteiger partial charge in [0.1, 0.15) is 0 Å². The van der Waals surface area contributed by atoms with Crippen molar-refractivity contribution >= 4 is 17.5 Å². The van der Waals surface area contributed by atoms with Gasteiger partial charge in [-0.25, -0.2) is 0 Å². The van der Waals surface area contributed by atoms with Gasteiger partial charge in [0.25, 0.3) is 11.8 Å². The molecule has 0 saturated heterocycles. The monoisotopic (exact) mass is 386 g/mol. The van der Waals surface area contributed by atoms with Gasteiger partial charge in [0.2, 0.25) is 0 Å². The molecule has 0 spiro atoms. The third-order valence-corrected chi connectivity index (χ3v) is 4.76. The second kappa shape index (κ2) is 9.20. The lowest BCUT2D eigenvalue weighted by atomic mass is 10.1. The van der Waals surface area contributed by atoms with E-state index in [0.717, 1.165) is 16.8 Å². The van der Waals surface area contributed by atoms with Gasteiger partial charge in [-0.05, 0) is 56.7 Å². The zero-order valence-corrected chi connectivity index (χ0v) is 17.1. The lowest BCUT2D eigenvalue weighted by molar-refractivity contribution is 0.0690. The second-order valence-corrected chi connectivity index (χ2v) is 7.41. The third kappa shape index (κ3) is 5.32. The maximum atomic E-state index is 13.2. The van der Waals surface area contributed by atoms with Crippen molar-refractivity contribution in [2.75, 3.05) is 5.32 Å². The number of carbonyl (C=O) groups is 2. The summed E-state index contributed by atoms with van der Waals surface area (Å²) in [6.07, 6.45) is 0. The summed E-state index contributed by atoms with van der Waals surface area (Å²) in [4.78, 5) is 27.6. The standard InChI is InChI=1S/C25H26N2O2/c1-18(2)27(17-20-8-5-4-6-9-20)25(29)22-11-7-10-21(16-22)24(28)26-23-14-12-19(3)13-15-23/h4-16,18H,17H2,1-3H3,(H,26,28). The van der Waals surface area contributed by atoms with Crippen LogP contribution in [0.15, 0.2) is 78.9 Å². The molecule has 4 nitrogen and oxygen atoms in total. The molecular weight excluding hydrogens is 360 g/mol. The molecule has 3 rings (SSSR count). The number of benzene rings is 3. The molecule has 0 radical (unpaired) electrons. The van der Waals surface area contributed by atoms with Gasteiger partial charge in [0, 0.05) is 29.4 Å². The van der Waals surface area contributed by atoms with Crippen molar-refractivity contribution in [1.82, 2.24) is 4.90 Å². The van der Waals surface area contributed by atoms with Crippen LogP contribution in [0.4, 0.5) is 5.69 Å². The molecule has 0 aromatic heterocycles. The van der Waals surface area contributed by atoms with Gasteiger partial charge in [0.15, 0.2) is 0 Å². The van der Waals surface area contributed by atoms with E-state index in [1.807, 2.05) is 80.3 Å². The third-order valence-electron chi connectivity index (χ3n) is 4.76. The smallest absolute Gasteiger partial charge is 0.255 e. The Balaban J connectivity index is 1.78. The van der Waals surface area contributed by atoms with E-state index >= 15 is 0 Å². The fourth-order valence-electron chi connectivity index (χ4n) is 3.07. The first kappa shape index (κ1) is 20.3. The molecule has 0 unspecified atom stereocenters. The van der Waals surface area contributed by atoms with Gasteiger partial charge >= 0.3 is 0 Å². The minimum absolute atomic E-state index is 0.0350. The number of nitrogens with zero attached hydrogens (tertiary/aromatic N) is 1. The second-order valence-electron chi connectivity index (χ2n) is 7.41. The Bertz CT molecular complexity index is 979. The fourth-order valence-corrected chi connectivity index (χ4v) is 3.07. The van der Waals surface area contributed by atoms with Crippen molar-refractivity contribution in [1.29, 1.82) is 0 Å². The minimum Gasteiger partial charge on any atom is -0.332 e. The summed E-state index contributed by atoms with van der Waals surface area (Å²) in [5, 5.41) is 2.88. The highest BCUT2D eigenvalue weighted by Crippen LogP contribution is 2.16. The summed E-state index contributed by atoms with van der Waals surface area (Å²) >= 11 is 0. The Kier molecular flexibility index (Phi) is 6.45. The molecule has 0 aliphatic heterocycles. The van der Waals surface area contributed by atoms with Crippen molar-refractivity contribution in [3.8, 4) is 0 Å². The number of hydrogen-bond donors (Lipinski definition) is 1. The molecule has 1 N–H and O–H groups in total. The van der Waals surface area contributed by atoms with E-state index < -0.39 is 0 Å². The van der Waals surface area contributed by atoms with E-state index in [9.17, 15) is 9.59 Å². The normalized spacial score (nSPS) is 10.6. The summed E-state index contributed by atoms with van der Waals surface area (Å²) in [6, 6.07) is 24.4. The lowest BCUT2D eigenvalue weighted by Crippen LogP contribution is -2.36. The Hall–Kier alpha value is -3.40. The van der Waals surface area contributed by atoms with Crippen LogP contribution >= 0.6 is 0 Å². The highest BCUT2D eigenvalue weighted by atomic mass is 16.2.